The zero-order valence-electron chi connectivity index (χ0n) is 12.1. The van der Waals surface area contributed by atoms with Gasteiger partial charge in [-0.25, -0.2) is 0 Å². The second-order valence-electron chi connectivity index (χ2n) is 5.28. The summed E-state index contributed by atoms with van der Waals surface area (Å²) in [5, 5.41) is 9.86. The van der Waals surface area contributed by atoms with Gasteiger partial charge in [0.05, 0.1) is 6.54 Å². The molecule has 0 saturated carbocycles. The van der Waals surface area contributed by atoms with Gasteiger partial charge in [-0.05, 0) is 6.42 Å². The second-order valence-corrected chi connectivity index (χ2v) is 5.28. The Morgan fingerprint density at radius 2 is 1.68 bits per heavy atom. The van der Waals surface area contributed by atoms with Crippen molar-refractivity contribution in [3.8, 4) is 0 Å². The number of allylic oxidation sites excluding steroid dienone is 1. The Hall–Kier alpha value is -1.32. The van der Waals surface area contributed by atoms with Crippen LogP contribution in [0.1, 0.15) is 58.3 Å². The number of aliphatic hydroxyl groups excluding tert-OH is 1. The van der Waals surface area contributed by atoms with Gasteiger partial charge in [0.1, 0.15) is 11.3 Å². The van der Waals surface area contributed by atoms with Crippen LogP contribution in [-0.4, -0.2) is 35.3 Å². The Bertz CT molecular complexity index is 360. The number of unbranched alkanes of at least 4 members (excludes halogenated alkanes) is 6. The normalized spacial score (nSPS) is 18.3. The Balaban J connectivity index is 2.29. The third kappa shape index (κ3) is 4.69. The number of carbonyl (C=O) groups excluding carboxylic acids is 2. The molecule has 4 heteroatoms. The molecule has 0 aromatic rings. The monoisotopic (exact) mass is 267 g/mol. The van der Waals surface area contributed by atoms with Crippen molar-refractivity contribution < 1.29 is 14.7 Å². The SMILES string of the molecule is CCCCCCCCC/C(O)=C1\C(=O)CN(C)C1=O. The van der Waals surface area contributed by atoms with E-state index in [1.54, 1.807) is 7.05 Å². The first-order valence-electron chi connectivity index (χ1n) is 7.28. The highest BCUT2D eigenvalue weighted by Gasteiger charge is 2.33. The lowest BCUT2D eigenvalue weighted by Gasteiger charge is -2.05. The predicted molar refractivity (Wildman–Crippen MR) is 74.9 cm³/mol. The summed E-state index contributed by atoms with van der Waals surface area (Å²) >= 11 is 0. The largest absolute Gasteiger partial charge is 0.511 e. The van der Waals surface area contributed by atoms with Gasteiger partial charge < -0.3 is 10.0 Å². The standard InChI is InChI=1S/C15H25NO3/c1-3-4-5-6-7-8-9-10-12(17)14-13(18)11-16(2)15(14)19/h17H,3-11H2,1-2H3/b14-12-. The molecular weight excluding hydrogens is 242 g/mol. The van der Waals surface area contributed by atoms with E-state index in [1.165, 1.54) is 30.6 Å². The van der Waals surface area contributed by atoms with Crippen LogP contribution in [0.5, 0.6) is 0 Å². The van der Waals surface area contributed by atoms with Crippen molar-refractivity contribution in [1.82, 2.24) is 4.90 Å². The smallest absolute Gasteiger partial charge is 0.261 e. The van der Waals surface area contributed by atoms with E-state index in [0.29, 0.717) is 6.42 Å². The first-order chi connectivity index (χ1) is 9.07. The van der Waals surface area contributed by atoms with Crippen LogP contribution in [0.4, 0.5) is 0 Å². The summed E-state index contributed by atoms with van der Waals surface area (Å²) in [5.74, 6) is -0.619. The summed E-state index contributed by atoms with van der Waals surface area (Å²) in [6, 6.07) is 0. The van der Waals surface area contributed by atoms with Crippen molar-refractivity contribution in [1.29, 1.82) is 0 Å². The number of ketones is 1. The molecule has 0 unspecified atom stereocenters. The lowest BCUT2D eigenvalue weighted by atomic mass is 10.1. The number of likely N-dealkylation sites (N-methyl/N-ethyl adjacent to an activating group) is 1. The lowest BCUT2D eigenvalue weighted by molar-refractivity contribution is -0.123. The molecule has 0 aromatic heterocycles. The van der Waals surface area contributed by atoms with Crippen molar-refractivity contribution in [3.05, 3.63) is 11.3 Å². The molecule has 0 atom stereocenters. The quantitative estimate of drug-likeness (QED) is 0.318. The molecule has 1 heterocycles. The van der Waals surface area contributed by atoms with Crippen LogP contribution in [-0.2, 0) is 9.59 Å². The molecule has 0 spiro atoms. The summed E-state index contributed by atoms with van der Waals surface area (Å²) in [7, 11) is 1.58. The van der Waals surface area contributed by atoms with Gasteiger partial charge in [0.2, 0.25) is 0 Å². The first kappa shape index (κ1) is 15.7. The minimum atomic E-state index is -0.342. The Kier molecular flexibility index (Phi) is 6.60. The third-order valence-electron chi connectivity index (χ3n) is 3.53. The van der Waals surface area contributed by atoms with Crippen molar-refractivity contribution in [2.24, 2.45) is 0 Å². The molecule has 108 valence electrons. The fraction of sp³-hybridized carbons (Fsp3) is 0.733. The predicted octanol–water partition coefficient (Wildman–Crippen LogP) is 2.98. The third-order valence-corrected chi connectivity index (χ3v) is 3.53. The zero-order valence-corrected chi connectivity index (χ0v) is 12.1. The molecule has 19 heavy (non-hydrogen) atoms. The number of nitrogens with zero attached hydrogens (tertiary/aromatic N) is 1. The summed E-state index contributed by atoms with van der Waals surface area (Å²) in [5.41, 5.74) is 0.00785. The number of aliphatic hydroxyl groups is 1. The van der Waals surface area contributed by atoms with E-state index in [-0.39, 0.29) is 29.6 Å². The van der Waals surface area contributed by atoms with Gasteiger partial charge >= 0.3 is 0 Å². The number of hydrogen-bond acceptors (Lipinski definition) is 3. The van der Waals surface area contributed by atoms with Gasteiger partial charge in [0.25, 0.3) is 5.91 Å². The van der Waals surface area contributed by atoms with Gasteiger partial charge in [-0.15, -0.1) is 0 Å². The van der Waals surface area contributed by atoms with Crippen molar-refractivity contribution in [2.75, 3.05) is 13.6 Å². The van der Waals surface area contributed by atoms with Gasteiger partial charge in [-0.2, -0.15) is 0 Å². The second kappa shape index (κ2) is 7.97. The molecule has 0 aromatic carbocycles. The number of rotatable bonds is 8. The summed E-state index contributed by atoms with van der Waals surface area (Å²) < 4.78 is 0. The molecule has 1 fully saturated rings. The van der Waals surface area contributed by atoms with Crippen LogP contribution in [0, 0.1) is 0 Å². The summed E-state index contributed by atoms with van der Waals surface area (Å²) in [6.45, 7) is 2.28. The van der Waals surface area contributed by atoms with Crippen molar-refractivity contribution in [2.45, 2.75) is 58.3 Å². The fourth-order valence-electron chi connectivity index (χ4n) is 2.34. The fourth-order valence-corrected chi connectivity index (χ4v) is 2.34. The van der Waals surface area contributed by atoms with E-state index in [2.05, 4.69) is 6.92 Å². The van der Waals surface area contributed by atoms with Gasteiger partial charge in [0.15, 0.2) is 5.78 Å². The van der Waals surface area contributed by atoms with E-state index >= 15 is 0 Å². The molecule has 1 amide bonds. The maximum Gasteiger partial charge on any atom is 0.261 e. The van der Waals surface area contributed by atoms with E-state index < -0.39 is 0 Å². The Labute approximate surface area is 115 Å². The van der Waals surface area contributed by atoms with Gasteiger partial charge in [0, 0.05) is 13.5 Å². The van der Waals surface area contributed by atoms with E-state index in [0.717, 1.165) is 19.3 Å². The number of likely N-dealkylation sites (tertiary alicyclic amines) is 1. The summed E-state index contributed by atoms with van der Waals surface area (Å²) in [6.07, 6.45) is 8.50. The van der Waals surface area contributed by atoms with Gasteiger partial charge in [-0.1, -0.05) is 45.4 Å². The topological polar surface area (TPSA) is 57.6 Å². The minimum Gasteiger partial charge on any atom is -0.511 e. The van der Waals surface area contributed by atoms with Crippen LogP contribution >= 0.6 is 0 Å². The maximum absolute atomic E-state index is 11.7. The molecule has 0 bridgehead atoms. The maximum atomic E-state index is 11.7. The van der Waals surface area contributed by atoms with Crippen LogP contribution in [0.2, 0.25) is 0 Å². The molecule has 1 aliphatic heterocycles. The highest BCUT2D eigenvalue weighted by molar-refractivity contribution is 6.25. The highest BCUT2D eigenvalue weighted by atomic mass is 16.3. The molecule has 1 saturated heterocycles. The minimum absolute atomic E-state index is 0.00785. The molecule has 1 rings (SSSR count). The molecular formula is C15H25NO3. The van der Waals surface area contributed by atoms with Crippen molar-refractivity contribution >= 4 is 11.7 Å². The molecule has 0 aliphatic carbocycles. The van der Waals surface area contributed by atoms with E-state index in [1.807, 2.05) is 0 Å². The first-order valence-corrected chi connectivity index (χ1v) is 7.28. The average Bonchev–Trinajstić information content (AvgIpc) is 2.62. The van der Waals surface area contributed by atoms with E-state index in [4.69, 9.17) is 0 Å². The Morgan fingerprint density at radius 3 is 2.21 bits per heavy atom. The number of Topliss-reactive ketones (excluding diaryl/α,β-unsaturated/α-hetero) is 1. The zero-order chi connectivity index (χ0) is 14.3. The van der Waals surface area contributed by atoms with Crippen LogP contribution in [0.3, 0.4) is 0 Å². The molecule has 1 aliphatic rings. The number of carbonyl (C=O) groups is 2. The molecule has 4 nitrogen and oxygen atoms in total. The number of hydrogen-bond donors (Lipinski definition) is 1. The van der Waals surface area contributed by atoms with Gasteiger partial charge in [-0.3, -0.25) is 9.59 Å². The van der Waals surface area contributed by atoms with E-state index in [9.17, 15) is 14.7 Å². The Morgan fingerprint density at radius 1 is 1.11 bits per heavy atom. The summed E-state index contributed by atoms with van der Waals surface area (Å²) in [4.78, 5) is 24.6. The van der Waals surface area contributed by atoms with Crippen LogP contribution < -0.4 is 0 Å². The highest BCUT2D eigenvalue weighted by Crippen LogP contribution is 2.19. The molecule has 1 N–H and O–H groups in total. The lowest BCUT2D eigenvalue weighted by Crippen LogP contribution is -2.19. The van der Waals surface area contributed by atoms with Crippen molar-refractivity contribution in [3.63, 3.8) is 0 Å². The number of amides is 1. The molecule has 0 radical (unpaired) electrons. The van der Waals surface area contributed by atoms with Crippen LogP contribution in [0.15, 0.2) is 11.3 Å². The van der Waals surface area contributed by atoms with Crippen LogP contribution in [0.25, 0.3) is 0 Å². The average molecular weight is 267 g/mol.